The summed E-state index contributed by atoms with van der Waals surface area (Å²) >= 11 is 9.86. The van der Waals surface area contributed by atoms with Crippen molar-refractivity contribution in [2.24, 2.45) is 0 Å². The summed E-state index contributed by atoms with van der Waals surface area (Å²) in [5, 5.41) is 3.20. The molecule has 0 saturated carbocycles. The molecule has 0 spiro atoms. The normalized spacial score (nSPS) is 10.8. The van der Waals surface area contributed by atoms with Crippen molar-refractivity contribution in [3.05, 3.63) is 26.6 Å². The molecule has 1 nitrogen and oxygen atoms in total. The van der Waals surface area contributed by atoms with Crippen LogP contribution in [-0.4, -0.2) is 7.11 Å². The van der Waals surface area contributed by atoms with Crippen LogP contribution in [0.15, 0.2) is 17.5 Å². The predicted octanol–water partition coefficient (Wildman–Crippen LogP) is 4.25. The summed E-state index contributed by atoms with van der Waals surface area (Å²) in [5.41, 5.74) is 1.14. The molecule has 1 heterocycles. The van der Waals surface area contributed by atoms with Crippen LogP contribution in [0, 0.1) is 3.57 Å². The van der Waals surface area contributed by atoms with Gasteiger partial charge in [0.2, 0.25) is 0 Å². The Labute approximate surface area is 105 Å². The summed E-state index contributed by atoms with van der Waals surface area (Å²) in [6.07, 6.45) is 0. The van der Waals surface area contributed by atoms with E-state index in [9.17, 15) is 0 Å². The van der Waals surface area contributed by atoms with E-state index < -0.39 is 0 Å². The van der Waals surface area contributed by atoms with Gasteiger partial charge in [-0.3, -0.25) is 0 Å². The van der Waals surface area contributed by atoms with Crippen LogP contribution in [0.3, 0.4) is 0 Å². The van der Waals surface area contributed by atoms with Gasteiger partial charge >= 0.3 is 0 Å². The first-order chi connectivity index (χ1) is 6.76. The molecule has 1 aromatic carbocycles. The fraction of sp³-hybridized carbons (Fsp3) is 0.200. The van der Waals surface area contributed by atoms with Crippen LogP contribution in [-0.2, 0) is 5.88 Å². The van der Waals surface area contributed by atoms with Gasteiger partial charge in [0.1, 0.15) is 5.75 Å². The van der Waals surface area contributed by atoms with Gasteiger partial charge in [-0.15, -0.1) is 22.9 Å². The van der Waals surface area contributed by atoms with E-state index in [0.29, 0.717) is 5.88 Å². The van der Waals surface area contributed by atoms with Crippen LogP contribution in [0.25, 0.3) is 10.1 Å². The summed E-state index contributed by atoms with van der Waals surface area (Å²) in [4.78, 5) is 0. The monoisotopic (exact) mass is 338 g/mol. The zero-order valence-electron chi connectivity index (χ0n) is 7.51. The topological polar surface area (TPSA) is 9.23 Å². The molecule has 0 atom stereocenters. The van der Waals surface area contributed by atoms with Gasteiger partial charge in [-0.05, 0) is 40.3 Å². The summed E-state index contributed by atoms with van der Waals surface area (Å²) in [5.74, 6) is 1.49. The van der Waals surface area contributed by atoms with E-state index in [1.807, 2.05) is 5.38 Å². The van der Waals surface area contributed by atoms with E-state index >= 15 is 0 Å². The van der Waals surface area contributed by atoms with Crippen molar-refractivity contribution in [1.82, 2.24) is 0 Å². The summed E-state index contributed by atoms with van der Waals surface area (Å²) in [6, 6.07) is 4.21. The molecule has 0 aliphatic carbocycles. The van der Waals surface area contributed by atoms with Crippen LogP contribution in [0.5, 0.6) is 5.75 Å². The lowest BCUT2D eigenvalue weighted by molar-refractivity contribution is 0.421. The Kier molecular flexibility index (Phi) is 3.19. The molecule has 0 bridgehead atoms. The number of hydrogen-bond acceptors (Lipinski definition) is 2. The number of benzene rings is 1. The van der Waals surface area contributed by atoms with Crippen LogP contribution in [0.2, 0.25) is 0 Å². The summed E-state index contributed by atoms with van der Waals surface area (Å²) < 4.78 is 7.80. The van der Waals surface area contributed by atoms with Gasteiger partial charge in [-0.25, -0.2) is 0 Å². The second-order valence-corrected chi connectivity index (χ2v) is 5.20. The van der Waals surface area contributed by atoms with Crippen LogP contribution in [0.1, 0.15) is 5.56 Å². The minimum atomic E-state index is 0.547. The van der Waals surface area contributed by atoms with Gasteiger partial charge in [-0.1, -0.05) is 0 Å². The van der Waals surface area contributed by atoms with Gasteiger partial charge in [0, 0.05) is 20.2 Å². The molecule has 2 aromatic rings. The zero-order chi connectivity index (χ0) is 10.1. The van der Waals surface area contributed by atoms with Crippen LogP contribution >= 0.6 is 45.5 Å². The van der Waals surface area contributed by atoms with Gasteiger partial charge < -0.3 is 4.74 Å². The van der Waals surface area contributed by atoms with Crippen LogP contribution in [0.4, 0.5) is 0 Å². The van der Waals surface area contributed by atoms with E-state index in [-0.39, 0.29) is 0 Å². The summed E-state index contributed by atoms with van der Waals surface area (Å²) in [7, 11) is 1.70. The first-order valence-electron chi connectivity index (χ1n) is 4.06. The quantitative estimate of drug-likeness (QED) is 0.587. The van der Waals surface area contributed by atoms with Gasteiger partial charge in [0.05, 0.1) is 11.8 Å². The number of fused-ring (bicyclic) bond motifs is 1. The second-order valence-electron chi connectivity index (χ2n) is 2.89. The minimum absolute atomic E-state index is 0.547. The third-order valence-electron chi connectivity index (χ3n) is 2.03. The number of methoxy groups -OCH3 is 1. The fourth-order valence-electron chi connectivity index (χ4n) is 1.36. The standard InChI is InChI=1S/C10H8ClIOS/c1-13-9-5-14-10-7(9)2-6(4-11)3-8(10)12/h2-3,5H,4H2,1H3. The van der Waals surface area contributed by atoms with E-state index in [0.717, 1.165) is 11.3 Å². The number of thiophene rings is 1. The second kappa shape index (κ2) is 4.24. The van der Waals surface area contributed by atoms with Gasteiger partial charge in [0.15, 0.2) is 0 Å². The summed E-state index contributed by atoms with van der Waals surface area (Å²) in [6.45, 7) is 0. The lowest BCUT2D eigenvalue weighted by Crippen LogP contribution is -1.83. The number of rotatable bonds is 2. The van der Waals surface area contributed by atoms with Gasteiger partial charge in [0.25, 0.3) is 0 Å². The Morgan fingerprint density at radius 2 is 2.29 bits per heavy atom. The molecule has 0 unspecified atom stereocenters. The van der Waals surface area contributed by atoms with E-state index in [1.54, 1.807) is 18.4 Å². The number of hydrogen-bond donors (Lipinski definition) is 0. The van der Waals surface area contributed by atoms with E-state index in [1.165, 1.54) is 13.7 Å². The Balaban J connectivity index is 2.73. The lowest BCUT2D eigenvalue weighted by Gasteiger charge is -2.01. The highest BCUT2D eigenvalue weighted by Gasteiger charge is 2.08. The molecule has 0 fully saturated rings. The predicted molar refractivity (Wildman–Crippen MR) is 70.7 cm³/mol. The molecular formula is C10H8ClIOS. The van der Waals surface area contributed by atoms with E-state index in [4.69, 9.17) is 16.3 Å². The third kappa shape index (κ3) is 1.73. The van der Waals surface area contributed by atoms with Crippen molar-refractivity contribution in [3.63, 3.8) is 0 Å². The van der Waals surface area contributed by atoms with Crippen molar-refractivity contribution in [2.75, 3.05) is 7.11 Å². The number of ether oxygens (including phenoxy) is 1. The maximum Gasteiger partial charge on any atom is 0.137 e. The molecular weight excluding hydrogens is 331 g/mol. The molecule has 0 aliphatic rings. The fourth-order valence-corrected chi connectivity index (χ4v) is 3.50. The maximum absolute atomic E-state index is 5.82. The molecule has 0 radical (unpaired) electrons. The Bertz CT molecular complexity index is 466. The van der Waals surface area contributed by atoms with Crippen molar-refractivity contribution < 1.29 is 4.74 Å². The molecule has 0 N–H and O–H groups in total. The smallest absolute Gasteiger partial charge is 0.137 e. The number of alkyl halides is 1. The molecule has 2 rings (SSSR count). The molecule has 74 valence electrons. The molecule has 1 aromatic heterocycles. The molecule has 14 heavy (non-hydrogen) atoms. The highest BCUT2D eigenvalue weighted by molar-refractivity contribution is 14.1. The largest absolute Gasteiger partial charge is 0.495 e. The minimum Gasteiger partial charge on any atom is -0.495 e. The van der Waals surface area contributed by atoms with Crippen molar-refractivity contribution in [1.29, 1.82) is 0 Å². The maximum atomic E-state index is 5.82. The highest BCUT2D eigenvalue weighted by atomic mass is 127. The molecule has 0 saturated heterocycles. The van der Waals surface area contributed by atoms with E-state index in [2.05, 4.69) is 34.7 Å². The van der Waals surface area contributed by atoms with Gasteiger partial charge in [-0.2, -0.15) is 0 Å². The average molecular weight is 339 g/mol. The third-order valence-corrected chi connectivity index (χ3v) is 4.56. The lowest BCUT2D eigenvalue weighted by atomic mass is 10.2. The Morgan fingerprint density at radius 1 is 1.50 bits per heavy atom. The zero-order valence-corrected chi connectivity index (χ0v) is 11.2. The number of halogens is 2. The molecule has 0 aliphatic heterocycles. The first-order valence-corrected chi connectivity index (χ1v) is 6.55. The Morgan fingerprint density at radius 3 is 2.93 bits per heavy atom. The van der Waals surface area contributed by atoms with Crippen molar-refractivity contribution in [2.45, 2.75) is 5.88 Å². The SMILES string of the molecule is COc1csc2c(I)cc(CCl)cc12. The van der Waals surface area contributed by atoms with Crippen molar-refractivity contribution >= 4 is 55.6 Å². The first kappa shape index (κ1) is 10.5. The highest BCUT2D eigenvalue weighted by Crippen LogP contribution is 2.36. The average Bonchev–Trinajstić information content (AvgIpc) is 2.61. The van der Waals surface area contributed by atoms with Crippen molar-refractivity contribution in [3.8, 4) is 5.75 Å². The Hall–Kier alpha value is -0.0000000000000000555. The molecule has 4 heteroatoms. The van der Waals surface area contributed by atoms with Crippen LogP contribution < -0.4 is 4.74 Å². The molecule has 0 amide bonds.